The highest BCUT2D eigenvalue weighted by molar-refractivity contribution is 5.80. The third-order valence-corrected chi connectivity index (χ3v) is 4.36. The Bertz CT molecular complexity index is 666. The molecule has 0 radical (unpaired) electrons. The van der Waals surface area contributed by atoms with Crippen LogP contribution in [0.5, 0.6) is 0 Å². The first kappa shape index (κ1) is 17.6. The van der Waals surface area contributed by atoms with E-state index in [1.54, 1.807) is 17.9 Å². The van der Waals surface area contributed by atoms with Gasteiger partial charge in [-0.1, -0.05) is 12.1 Å². The van der Waals surface area contributed by atoms with E-state index >= 15 is 0 Å². The number of aromatic nitrogens is 3. The molecule has 7 heteroatoms. The van der Waals surface area contributed by atoms with Gasteiger partial charge in [-0.3, -0.25) is 4.79 Å². The summed E-state index contributed by atoms with van der Waals surface area (Å²) in [6.45, 7) is 4.98. The van der Waals surface area contributed by atoms with E-state index in [0.717, 1.165) is 30.7 Å². The monoisotopic (exact) mass is 344 g/mol. The molecule has 1 aromatic carbocycles. The van der Waals surface area contributed by atoms with E-state index in [1.807, 2.05) is 31.2 Å². The smallest absolute Gasteiger partial charge is 0.249 e. The summed E-state index contributed by atoms with van der Waals surface area (Å²) in [6.07, 6.45) is 4.83. The maximum absolute atomic E-state index is 12.3. The summed E-state index contributed by atoms with van der Waals surface area (Å²) in [5.74, 6) is -0.120. The fraction of sp³-hybridized carbons (Fsp3) is 0.500. The molecular weight excluding hydrogens is 320 g/mol. The van der Waals surface area contributed by atoms with Crippen LogP contribution in [-0.4, -0.2) is 46.1 Å². The number of amides is 1. The van der Waals surface area contributed by atoms with E-state index in [4.69, 9.17) is 9.47 Å². The van der Waals surface area contributed by atoms with Crippen molar-refractivity contribution in [1.82, 2.24) is 20.1 Å². The zero-order valence-electron chi connectivity index (χ0n) is 14.6. The first-order valence-electron chi connectivity index (χ1n) is 8.62. The lowest BCUT2D eigenvalue weighted by Gasteiger charge is -2.20. The summed E-state index contributed by atoms with van der Waals surface area (Å²) in [7, 11) is 0. The molecule has 2 aromatic rings. The van der Waals surface area contributed by atoms with Crippen molar-refractivity contribution in [3.05, 3.63) is 42.5 Å². The van der Waals surface area contributed by atoms with Crippen LogP contribution in [-0.2, 0) is 14.3 Å². The van der Waals surface area contributed by atoms with Crippen LogP contribution in [0.25, 0.3) is 5.69 Å². The SMILES string of the molecule is C[C@H](OC[C@@H]1CCCO1)C(=O)N[C@H](C)c1ccc(-n2cncn2)cc1. The fourth-order valence-electron chi connectivity index (χ4n) is 2.77. The summed E-state index contributed by atoms with van der Waals surface area (Å²) in [4.78, 5) is 16.2. The second-order valence-corrected chi connectivity index (χ2v) is 6.27. The first-order valence-corrected chi connectivity index (χ1v) is 8.62. The van der Waals surface area contributed by atoms with Gasteiger partial charge in [0.1, 0.15) is 18.8 Å². The number of hydrogen-bond acceptors (Lipinski definition) is 5. The molecule has 0 saturated carbocycles. The van der Waals surface area contributed by atoms with Crippen LogP contribution in [0.1, 0.15) is 38.3 Å². The molecule has 2 heterocycles. The van der Waals surface area contributed by atoms with Crippen molar-refractivity contribution in [2.75, 3.05) is 13.2 Å². The maximum Gasteiger partial charge on any atom is 0.249 e. The zero-order chi connectivity index (χ0) is 17.6. The van der Waals surface area contributed by atoms with E-state index in [2.05, 4.69) is 15.4 Å². The summed E-state index contributed by atoms with van der Waals surface area (Å²) in [6, 6.07) is 7.74. The molecule has 1 saturated heterocycles. The Balaban J connectivity index is 1.50. The van der Waals surface area contributed by atoms with E-state index in [0.29, 0.717) is 6.61 Å². The van der Waals surface area contributed by atoms with Crippen LogP contribution in [0, 0.1) is 0 Å². The Kier molecular flexibility index (Phi) is 5.78. The topological polar surface area (TPSA) is 78.3 Å². The molecule has 1 fully saturated rings. The van der Waals surface area contributed by atoms with E-state index in [9.17, 15) is 4.79 Å². The molecule has 7 nitrogen and oxygen atoms in total. The third-order valence-electron chi connectivity index (χ3n) is 4.36. The average molecular weight is 344 g/mol. The van der Waals surface area contributed by atoms with Gasteiger partial charge in [0.2, 0.25) is 5.91 Å². The summed E-state index contributed by atoms with van der Waals surface area (Å²) >= 11 is 0. The average Bonchev–Trinajstić information content (AvgIpc) is 3.33. The van der Waals surface area contributed by atoms with Gasteiger partial charge in [-0.2, -0.15) is 5.10 Å². The van der Waals surface area contributed by atoms with Crippen molar-refractivity contribution >= 4 is 5.91 Å². The predicted molar refractivity (Wildman–Crippen MR) is 92.3 cm³/mol. The Labute approximate surface area is 147 Å². The van der Waals surface area contributed by atoms with Gasteiger partial charge < -0.3 is 14.8 Å². The maximum atomic E-state index is 12.3. The molecule has 0 bridgehead atoms. The Morgan fingerprint density at radius 2 is 2.20 bits per heavy atom. The van der Waals surface area contributed by atoms with Crippen molar-refractivity contribution < 1.29 is 14.3 Å². The lowest BCUT2D eigenvalue weighted by Crippen LogP contribution is -2.37. The number of nitrogens with one attached hydrogen (secondary N) is 1. The van der Waals surface area contributed by atoms with Gasteiger partial charge >= 0.3 is 0 Å². The first-order chi connectivity index (χ1) is 12.1. The molecule has 1 aliphatic rings. The molecule has 25 heavy (non-hydrogen) atoms. The number of rotatable bonds is 7. The van der Waals surface area contributed by atoms with Gasteiger partial charge in [-0.25, -0.2) is 9.67 Å². The predicted octanol–water partition coefficient (Wildman–Crippen LogP) is 2.03. The quantitative estimate of drug-likeness (QED) is 0.831. The van der Waals surface area contributed by atoms with Crippen LogP contribution < -0.4 is 5.32 Å². The zero-order valence-corrected chi connectivity index (χ0v) is 14.6. The third kappa shape index (κ3) is 4.64. The molecular formula is C18H24N4O3. The van der Waals surface area contributed by atoms with Gasteiger partial charge in [0, 0.05) is 6.61 Å². The van der Waals surface area contributed by atoms with Crippen molar-refractivity contribution in [2.24, 2.45) is 0 Å². The van der Waals surface area contributed by atoms with Gasteiger partial charge in [-0.15, -0.1) is 0 Å². The van der Waals surface area contributed by atoms with Gasteiger partial charge in [0.15, 0.2) is 0 Å². The summed E-state index contributed by atoms with van der Waals surface area (Å²) in [5, 5.41) is 7.08. The fourth-order valence-corrected chi connectivity index (χ4v) is 2.77. The minimum Gasteiger partial charge on any atom is -0.376 e. The number of ether oxygens (including phenoxy) is 2. The van der Waals surface area contributed by atoms with Gasteiger partial charge in [0.05, 0.1) is 24.4 Å². The number of nitrogens with zero attached hydrogens (tertiary/aromatic N) is 3. The second-order valence-electron chi connectivity index (χ2n) is 6.27. The van der Waals surface area contributed by atoms with Crippen molar-refractivity contribution in [3.63, 3.8) is 0 Å². The molecule has 3 rings (SSSR count). The standard InChI is InChI=1S/C18H24N4O3/c1-13(15-5-7-16(8-6-15)22-12-19-11-20-22)21-18(23)14(2)25-10-17-4-3-9-24-17/h5-8,11-14,17H,3-4,9-10H2,1-2H3,(H,21,23)/t13-,14+,17+/m1/s1. The number of carbonyl (C=O) groups is 1. The molecule has 0 unspecified atom stereocenters. The van der Waals surface area contributed by atoms with E-state index in [1.165, 1.54) is 6.33 Å². The molecule has 3 atom stereocenters. The van der Waals surface area contributed by atoms with Gasteiger partial charge in [0.25, 0.3) is 0 Å². The van der Waals surface area contributed by atoms with Crippen molar-refractivity contribution in [2.45, 2.75) is 44.9 Å². The molecule has 1 N–H and O–H groups in total. The minimum atomic E-state index is -0.499. The molecule has 1 amide bonds. The van der Waals surface area contributed by atoms with Crippen LogP contribution >= 0.6 is 0 Å². The molecule has 134 valence electrons. The van der Waals surface area contributed by atoms with Crippen LogP contribution in [0.4, 0.5) is 0 Å². The lowest BCUT2D eigenvalue weighted by molar-refractivity contribution is -0.134. The van der Waals surface area contributed by atoms with Crippen LogP contribution in [0.3, 0.4) is 0 Å². The van der Waals surface area contributed by atoms with Crippen molar-refractivity contribution in [1.29, 1.82) is 0 Å². The summed E-state index contributed by atoms with van der Waals surface area (Å²) in [5.41, 5.74) is 1.94. The lowest BCUT2D eigenvalue weighted by atomic mass is 10.1. The van der Waals surface area contributed by atoms with Gasteiger partial charge in [-0.05, 0) is 44.4 Å². The Hall–Kier alpha value is -2.25. The molecule has 0 spiro atoms. The highest BCUT2D eigenvalue weighted by Gasteiger charge is 2.21. The van der Waals surface area contributed by atoms with Crippen LogP contribution in [0.2, 0.25) is 0 Å². The van der Waals surface area contributed by atoms with E-state index < -0.39 is 6.10 Å². The Morgan fingerprint density at radius 3 is 2.84 bits per heavy atom. The number of benzene rings is 1. The second kappa shape index (κ2) is 8.22. The van der Waals surface area contributed by atoms with Crippen LogP contribution in [0.15, 0.2) is 36.9 Å². The largest absolute Gasteiger partial charge is 0.376 e. The molecule has 1 aliphatic heterocycles. The summed E-state index contributed by atoms with van der Waals surface area (Å²) < 4.78 is 12.8. The molecule has 0 aliphatic carbocycles. The highest BCUT2D eigenvalue weighted by atomic mass is 16.5. The van der Waals surface area contributed by atoms with E-state index in [-0.39, 0.29) is 18.1 Å². The molecule has 1 aromatic heterocycles. The number of carbonyl (C=O) groups excluding carboxylic acids is 1. The number of hydrogen-bond donors (Lipinski definition) is 1. The Morgan fingerprint density at radius 1 is 1.40 bits per heavy atom. The highest BCUT2D eigenvalue weighted by Crippen LogP contribution is 2.16. The normalized spacial score (nSPS) is 19.5. The minimum absolute atomic E-state index is 0.105. The van der Waals surface area contributed by atoms with Crippen molar-refractivity contribution in [3.8, 4) is 5.69 Å².